The van der Waals surface area contributed by atoms with Crippen molar-refractivity contribution in [2.75, 3.05) is 12.4 Å². The summed E-state index contributed by atoms with van der Waals surface area (Å²) in [5.41, 5.74) is 2.49. The second-order valence-electron chi connectivity index (χ2n) is 5.15. The van der Waals surface area contributed by atoms with Gasteiger partial charge < -0.3 is 10.1 Å². The fourth-order valence-electron chi connectivity index (χ4n) is 1.79. The molecule has 0 bridgehead atoms. The smallest absolute Gasteiger partial charge is 0.218 e. The Morgan fingerprint density at radius 3 is 2.45 bits per heavy atom. The van der Waals surface area contributed by atoms with Gasteiger partial charge in [0.15, 0.2) is 0 Å². The van der Waals surface area contributed by atoms with Crippen molar-refractivity contribution in [2.24, 2.45) is 0 Å². The third-order valence-electron chi connectivity index (χ3n) is 3.04. The fourth-order valence-corrected chi connectivity index (χ4v) is 1.79. The maximum absolute atomic E-state index is 5.22. The molecule has 0 saturated heterocycles. The Kier molecular flexibility index (Phi) is 4.56. The summed E-state index contributed by atoms with van der Waals surface area (Å²) >= 11 is 0. The molecular formula is C16H21N3O. The van der Waals surface area contributed by atoms with E-state index < -0.39 is 0 Å². The Labute approximate surface area is 120 Å². The number of rotatable bonds is 5. The number of aryl methyl sites for hydroxylation is 1. The Bertz CT molecular complexity index is 564. The van der Waals surface area contributed by atoms with Crippen molar-refractivity contribution in [1.82, 2.24) is 9.97 Å². The maximum atomic E-state index is 5.22. The second-order valence-corrected chi connectivity index (χ2v) is 5.15. The van der Waals surface area contributed by atoms with Gasteiger partial charge in [0, 0.05) is 18.5 Å². The largest absolute Gasteiger partial charge is 0.481 e. The van der Waals surface area contributed by atoms with E-state index in [-0.39, 0.29) is 5.92 Å². The van der Waals surface area contributed by atoms with Crippen LogP contribution in [0.2, 0.25) is 0 Å². The summed E-state index contributed by atoms with van der Waals surface area (Å²) in [6.45, 7) is 6.95. The molecule has 0 saturated carbocycles. The molecule has 2 aromatic rings. The number of anilines is 1. The van der Waals surface area contributed by atoms with E-state index in [9.17, 15) is 0 Å². The quantitative estimate of drug-likeness (QED) is 0.903. The molecule has 0 radical (unpaired) electrons. The van der Waals surface area contributed by atoms with Crippen molar-refractivity contribution in [2.45, 2.75) is 33.2 Å². The highest BCUT2D eigenvalue weighted by atomic mass is 16.5. The van der Waals surface area contributed by atoms with Gasteiger partial charge in [-0.15, -0.1) is 0 Å². The van der Waals surface area contributed by atoms with Crippen LogP contribution in [-0.4, -0.2) is 17.1 Å². The van der Waals surface area contributed by atoms with Crippen molar-refractivity contribution in [3.63, 3.8) is 0 Å². The predicted molar refractivity (Wildman–Crippen MR) is 81.2 cm³/mol. The molecule has 1 aromatic carbocycles. The van der Waals surface area contributed by atoms with Gasteiger partial charge in [0.05, 0.1) is 7.11 Å². The number of nitrogens with zero attached hydrogens (tertiary/aromatic N) is 2. The average Bonchev–Trinajstić information content (AvgIpc) is 2.46. The van der Waals surface area contributed by atoms with Gasteiger partial charge in [0.2, 0.25) is 5.88 Å². The van der Waals surface area contributed by atoms with Crippen molar-refractivity contribution in [3.05, 3.63) is 47.3 Å². The summed E-state index contributed by atoms with van der Waals surface area (Å²) in [4.78, 5) is 8.86. The molecule has 4 nitrogen and oxygen atoms in total. The SMILES string of the molecule is COc1cc(NCc2ccc(C)cc2)nc(C(C)C)n1. The zero-order valence-electron chi connectivity index (χ0n) is 12.5. The number of hydrogen-bond acceptors (Lipinski definition) is 4. The van der Waals surface area contributed by atoms with Crippen molar-refractivity contribution in [3.8, 4) is 5.88 Å². The van der Waals surface area contributed by atoms with E-state index in [1.165, 1.54) is 11.1 Å². The topological polar surface area (TPSA) is 47.0 Å². The zero-order valence-corrected chi connectivity index (χ0v) is 12.5. The lowest BCUT2D eigenvalue weighted by molar-refractivity contribution is 0.394. The molecule has 2 rings (SSSR count). The minimum Gasteiger partial charge on any atom is -0.481 e. The molecule has 0 aliphatic heterocycles. The highest BCUT2D eigenvalue weighted by molar-refractivity contribution is 5.40. The summed E-state index contributed by atoms with van der Waals surface area (Å²) in [6.07, 6.45) is 0. The van der Waals surface area contributed by atoms with Crippen LogP contribution in [0, 0.1) is 6.92 Å². The lowest BCUT2D eigenvalue weighted by Gasteiger charge is -2.11. The summed E-state index contributed by atoms with van der Waals surface area (Å²) < 4.78 is 5.22. The van der Waals surface area contributed by atoms with E-state index in [4.69, 9.17) is 4.74 Å². The molecule has 1 aromatic heterocycles. The van der Waals surface area contributed by atoms with Crippen LogP contribution in [0.4, 0.5) is 5.82 Å². The monoisotopic (exact) mass is 271 g/mol. The van der Waals surface area contributed by atoms with Crippen LogP contribution in [0.5, 0.6) is 5.88 Å². The van der Waals surface area contributed by atoms with E-state index >= 15 is 0 Å². The molecule has 0 amide bonds. The molecule has 0 aliphatic rings. The second kappa shape index (κ2) is 6.37. The van der Waals surface area contributed by atoms with E-state index in [1.807, 2.05) is 6.07 Å². The van der Waals surface area contributed by atoms with Crippen LogP contribution in [0.25, 0.3) is 0 Å². The van der Waals surface area contributed by atoms with Gasteiger partial charge in [0.25, 0.3) is 0 Å². The standard InChI is InChI=1S/C16H21N3O/c1-11(2)16-18-14(9-15(19-16)20-4)17-10-13-7-5-12(3)6-8-13/h5-9,11H,10H2,1-4H3,(H,17,18,19). The molecule has 0 unspecified atom stereocenters. The number of ether oxygens (including phenoxy) is 1. The van der Waals surface area contributed by atoms with Crippen LogP contribution in [0.1, 0.15) is 36.7 Å². The molecule has 4 heteroatoms. The first-order valence-corrected chi connectivity index (χ1v) is 6.81. The van der Waals surface area contributed by atoms with Crippen molar-refractivity contribution in [1.29, 1.82) is 0 Å². The summed E-state index contributed by atoms with van der Waals surface area (Å²) in [6, 6.07) is 10.3. The third kappa shape index (κ3) is 3.70. The normalized spacial score (nSPS) is 10.7. The van der Waals surface area contributed by atoms with Gasteiger partial charge in [-0.05, 0) is 12.5 Å². The third-order valence-corrected chi connectivity index (χ3v) is 3.04. The highest BCUT2D eigenvalue weighted by Gasteiger charge is 2.08. The Morgan fingerprint density at radius 1 is 1.15 bits per heavy atom. The minimum atomic E-state index is 0.269. The van der Waals surface area contributed by atoms with E-state index in [0.717, 1.165) is 18.2 Å². The van der Waals surface area contributed by atoms with Gasteiger partial charge in [0.1, 0.15) is 11.6 Å². The highest BCUT2D eigenvalue weighted by Crippen LogP contribution is 2.18. The lowest BCUT2D eigenvalue weighted by Crippen LogP contribution is -2.06. The number of methoxy groups -OCH3 is 1. The molecule has 0 atom stereocenters. The van der Waals surface area contributed by atoms with Crippen LogP contribution in [0.15, 0.2) is 30.3 Å². The van der Waals surface area contributed by atoms with Crippen LogP contribution < -0.4 is 10.1 Å². The molecule has 1 heterocycles. The molecular weight excluding hydrogens is 250 g/mol. The molecule has 0 aliphatic carbocycles. The Hall–Kier alpha value is -2.10. The van der Waals surface area contributed by atoms with Gasteiger partial charge in [-0.25, -0.2) is 4.98 Å². The molecule has 0 spiro atoms. The Morgan fingerprint density at radius 2 is 1.85 bits per heavy atom. The van der Waals surface area contributed by atoms with E-state index in [2.05, 4.69) is 60.3 Å². The van der Waals surface area contributed by atoms with Gasteiger partial charge in [-0.2, -0.15) is 4.98 Å². The van der Waals surface area contributed by atoms with Crippen molar-refractivity contribution < 1.29 is 4.74 Å². The lowest BCUT2D eigenvalue weighted by atomic mass is 10.1. The number of aromatic nitrogens is 2. The summed E-state index contributed by atoms with van der Waals surface area (Å²) in [5, 5.41) is 3.32. The van der Waals surface area contributed by atoms with Crippen molar-refractivity contribution >= 4 is 5.82 Å². The Balaban J connectivity index is 2.12. The van der Waals surface area contributed by atoms with Crippen LogP contribution in [-0.2, 0) is 6.54 Å². The molecule has 0 fully saturated rings. The first kappa shape index (κ1) is 14.3. The fraction of sp³-hybridized carbons (Fsp3) is 0.375. The minimum absolute atomic E-state index is 0.269. The average molecular weight is 271 g/mol. The molecule has 106 valence electrons. The van der Waals surface area contributed by atoms with E-state index in [1.54, 1.807) is 7.11 Å². The van der Waals surface area contributed by atoms with Gasteiger partial charge >= 0.3 is 0 Å². The van der Waals surface area contributed by atoms with Gasteiger partial charge in [-0.3, -0.25) is 0 Å². The summed E-state index contributed by atoms with van der Waals surface area (Å²) in [7, 11) is 1.62. The molecule has 20 heavy (non-hydrogen) atoms. The number of hydrogen-bond donors (Lipinski definition) is 1. The van der Waals surface area contributed by atoms with Gasteiger partial charge in [-0.1, -0.05) is 43.7 Å². The van der Waals surface area contributed by atoms with Crippen LogP contribution in [0.3, 0.4) is 0 Å². The zero-order chi connectivity index (χ0) is 14.5. The first-order valence-electron chi connectivity index (χ1n) is 6.81. The first-order chi connectivity index (χ1) is 9.58. The van der Waals surface area contributed by atoms with Crippen LogP contribution >= 0.6 is 0 Å². The maximum Gasteiger partial charge on any atom is 0.218 e. The summed E-state index contributed by atoms with van der Waals surface area (Å²) in [5.74, 6) is 2.44. The molecule has 1 N–H and O–H groups in total. The number of benzene rings is 1. The predicted octanol–water partition coefficient (Wildman–Crippen LogP) is 3.53. The number of nitrogens with one attached hydrogen (secondary N) is 1. The van der Waals surface area contributed by atoms with E-state index in [0.29, 0.717) is 5.88 Å².